The van der Waals surface area contributed by atoms with Gasteiger partial charge in [0.25, 0.3) is 0 Å². The van der Waals surface area contributed by atoms with Crippen LogP contribution >= 0.6 is 28.1 Å². The molecular formula is C11H15BrN2S. The van der Waals surface area contributed by atoms with Crippen LogP contribution in [0.15, 0.2) is 28.7 Å². The van der Waals surface area contributed by atoms with E-state index >= 15 is 0 Å². The lowest BCUT2D eigenvalue weighted by Crippen LogP contribution is -2.35. The largest absolute Gasteiger partial charge is 0.363 e. The number of nitrogens with one attached hydrogen (secondary N) is 2. The zero-order valence-corrected chi connectivity index (χ0v) is 11.1. The molecule has 0 unspecified atom stereocenters. The van der Waals surface area contributed by atoms with Crippen LogP contribution in [0.4, 0.5) is 0 Å². The fourth-order valence-electron chi connectivity index (χ4n) is 1.12. The highest BCUT2D eigenvalue weighted by Crippen LogP contribution is 2.15. The van der Waals surface area contributed by atoms with Crippen molar-refractivity contribution >= 4 is 33.3 Å². The van der Waals surface area contributed by atoms with Crippen LogP contribution in [0.25, 0.3) is 0 Å². The van der Waals surface area contributed by atoms with E-state index in [1.54, 1.807) is 0 Å². The molecule has 0 aromatic heterocycles. The summed E-state index contributed by atoms with van der Waals surface area (Å²) in [4.78, 5) is 0. The van der Waals surface area contributed by atoms with Crippen molar-refractivity contribution in [2.24, 2.45) is 0 Å². The molecular weight excluding hydrogens is 272 g/mol. The Morgan fingerprint density at radius 3 is 2.73 bits per heavy atom. The fourth-order valence-corrected chi connectivity index (χ4v) is 1.72. The minimum atomic E-state index is 0.715. The number of thiocarbonyl (C=S) groups is 1. The van der Waals surface area contributed by atoms with Gasteiger partial charge in [-0.05, 0) is 30.3 Å². The minimum absolute atomic E-state index is 0.715. The molecule has 0 aliphatic rings. The van der Waals surface area contributed by atoms with Crippen molar-refractivity contribution in [1.82, 2.24) is 10.6 Å². The summed E-state index contributed by atoms with van der Waals surface area (Å²) in [5, 5.41) is 7.01. The maximum absolute atomic E-state index is 5.12. The van der Waals surface area contributed by atoms with E-state index in [1.165, 1.54) is 5.56 Å². The number of halogens is 1. The van der Waals surface area contributed by atoms with Gasteiger partial charge in [0.15, 0.2) is 5.11 Å². The Morgan fingerprint density at radius 2 is 2.07 bits per heavy atom. The molecule has 15 heavy (non-hydrogen) atoms. The number of rotatable bonds is 4. The predicted octanol–water partition coefficient (Wildman–Crippen LogP) is 2.82. The second-order valence-corrected chi connectivity index (χ2v) is 4.46. The first kappa shape index (κ1) is 12.5. The molecule has 0 saturated carbocycles. The molecule has 0 spiro atoms. The highest BCUT2D eigenvalue weighted by molar-refractivity contribution is 9.10. The maximum atomic E-state index is 5.12. The number of hydrogen-bond acceptors (Lipinski definition) is 1. The summed E-state index contributed by atoms with van der Waals surface area (Å²) in [7, 11) is 0. The second kappa shape index (κ2) is 6.80. The van der Waals surface area contributed by atoms with E-state index in [4.69, 9.17) is 12.2 Å². The molecule has 82 valence electrons. The van der Waals surface area contributed by atoms with E-state index in [0.717, 1.165) is 24.0 Å². The molecule has 1 rings (SSSR count). The first-order valence-electron chi connectivity index (χ1n) is 4.99. The van der Waals surface area contributed by atoms with Crippen molar-refractivity contribution in [3.05, 3.63) is 34.3 Å². The zero-order chi connectivity index (χ0) is 11.1. The van der Waals surface area contributed by atoms with Crippen LogP contribution in [-0.2, 0) is 6.54 Å². The summed E-state index contributed by atoms with van der Waals surface area (Å²) >= 11 is 8.62. The van der Waals surface area contributed by atoms with Gasteiger partial charge in [-0.25, -0.2) is 0 Å². The van der Waals surface area contributed by atoms with Crippen molar-refractivity contribution in [3.8, 4) is 0 Å². The van der Waals surface area contributed by atoms with Gasteiger partial charge >= 0.3 is 0 Å². The summed E-state index contributed by atoms with van der Waals surface area (Å²) < 4.78 is 1.11. The molecule has 0 aliphatic heterocycles. The Morgan fingerprint density at radius 1 is 1.33 bits per heavy atom. The maximum Gasteiger partial charge on any atom is 0.166 e. The molecule has 2 N–H and O–H groups in total. The second-order valence-electron chi connectivity index (χ2n) is 3.20. The highest BCUT2D eigenvalue weighted by atomic mass is 79.9. The van der Waals surface area contributed by atoms with Crippen molar-refractivity contribution < 1.29 is 0 Å². The standard InChI is InChI=1S/C11H15BrN2S/c1-2-7-13-11(15)14-8-9-5-3-4-6-10(9)12/h3-6H,2,7-8H2,1H3,(H2,13,14,15). The quantitative estimate of drug-likeness (QED) is 0.833. The van der Waals surface area contributed by atoms with Crippen LogP contribution in [0.1, 0.15) is 18.9 Å². The lowest BCUT2D eigenvalue weighted by atomic mass is 10.2. The summed E-state index contributed by atoms with van der Waals surface area (Å²) in [6, 6.07) is 8.12. The number of benzene rings is 1. The van der Waals surface area contributed by atoms with E-state index in [1.807, 2.05) is 18.2 Å². The molecule has 0 radical (unpaired) electrons. The molecule has 0 amide bonds. The van der Waals surface area contributed by atoms with Gasteiger partial charge in [0.2, 0.25) is 0 Å². The van der Waals surface area contributed by atoms with Crippen LogP contribution in [0.2, 0.25) is 0 Å². The molecule has 0 fully saturated rings. The molecule has 0 heterocycles. The van der Waals surface area contributed by atoms with E-state index in [2.05, 4.69) is 39.6 Å². The van der Waals surface area contributed by atoms with Crippen LogP contribution < -0.4 is 10.6 Å². The van der Waals surface area contributed by atoms with Crippen LogP contribution in [-0.4, -0.2) is 11.7 Å². The van der Waals surface area contributed by atoms with Gasteiger partial charge in [-0.3, -0.25) is 0 Å². The first-order valence-corrected chi connectivity index (χ1v) is 6.19. The summed E-state index contributed by atoms with van der Waals surface area (Å²) in [6.07, 6.45) is 1.08. The average molecular weight is 287 g/mol. The van der Waals surface area contributed by atoms with E-state index in [9.17, 15) is 0 Å². The first-order chi connectivity index (χ1) is 7.24. The van der Waals surface area contributed by atoms with Gasteiger partial charge in [0.05, 0.1) is 0 Å². The van der Waals surface area contributed by atoms with E-state index in [0.29, 0.717) is 5.11 Å². The smallest absolute Gasteiger partial charge is 0.166 e. The molecule has 2 nitrogen and oxygen atoms in total. The van der Waals surface area contributed by atoms with Crippen molar-refractivity contribution in [2.75, 3.05) is 6.54 Å². The lowest BCUT2D eigenvalue weighted by Gasteiger charge is -2.10. The van der Waals surface area contributed by atoms with Gasteiger partial charge < -0.3 is 10.6 Å². The lowest BCUT2D eigenvalue weighted by molar-refractivity contribution is 0.798. The Kier molecular flexibility index (Phi) is 5.65. The van der Waals surface area contributed by atoms with Gasteiger partial charge in [-0.2, -0.15) is 0 Å². The zero-order valence-electron chi connectivity index (χ0n) is 8.72. The molecule has 0 saturated heterocycles. The third-order valence-electron chi connectivity index (χ3n) is 1.93. The third-order valence-corrected chi connectivity index (χ3v) is 3.00. The topological polar surface area (TPSA) is 24.1 Å². The highest BCUT2D eigenvalue weighted by Gasteiger charge is 1.98. The molecule has 0 aliphatic carbocycles. The normalized spacial score (nSPS) is 9.73. The Labute approximate surface area is 105 Å². The van der Waals surface area contributed by atoms with Crippen molar-refractivity contribution in [3.63, 3.8) is 0 Å². The molecule has 0 atom stereocenters. The Hall–Kier alpha value is -0.610. The van der Waals surface area contributed by atoms with Gasteiger partial charge in [-0.15, -0.1) is 0 Å². The Balaban J connectivity index is 2.37. The van der Waals surface area contributed by atoms with Crippen LogP contribution in [0.3, 0.4) is 0 Å². The van der Waals surface area contributed by atoms with Gasteiger partial charge in [-0.1, -0.05) is 41.1 Å². The van der Waals surface area contributed by atoms with E-state index in [-0.39, 0.29) is 0 Å². The molecule has 1 aromatic carbocycles. The minimum Gasteiger partial charge on any atom is -0.363 e. The molecule has 0 bridgehead atoms. The predicted molar refractivity (Wildman–Crippen MR) is 71.9 cm³/mol. The fraction of sp³-hybridized carbons (Fsp3) is 0.364. The van der Waals surface area contributed by atoms with Crippen LogP contribution in [0.5, 0.6) is 0 Å². The van der Waals surface area contributed by atoms with Crippen molar-refractivity contribution in [1.29, 1.82) is 0 Å². The Bertz CT molecular complexity index is 328. The summed E-state index contributed by atoms with van der Waals surface area (Å²) in [5.74, 6) is 0. The van der Waals surface area contributed by atoms with Gasteiger partial charge in [0, 0.05) is 17.6 Å². The SMILES string of the molecule is CCCNC(=S)NCc1ccccc1Br. The number of hydrogen-bond donors (Lipinski definition) is 2. The van der Waals surface area contributed by atoms with E-state index < -0.39 is 0 Å². The third kappa shape index (κ3) is 4.62. The van der Waals surface area contributed by atoms with Crippen LogP contribution in [0, 0.1) is 0 Å². The summed E-state index contributed by atoms with van der Waals surface area (Å²) in [6.45, 7) is 3.78. The van der Waals surface area contributed by atoms with Crippen molar-refractivity contribution in [2.45, 2.75) is 19.9 Å². The monoisotopic (exact) mass is 286 g/mol. The van der Waals surface area contributed by atoms with Gasteiger partial charge in [0.1, 0.15) is 0 Å². The molecule has 1 aromatic rings. The molecule has 4 heteroatoms. The summed E-state index contributed by atoms with van der Waals surface area (Å²) in [5.41, 5.74) is 1.21. The average Bonchev–Trinajstić information content (AvgIpc) is 2.25.